The van der Waals surface area contributed by atoms with E-state index in [2.05, 4.69) is 5.32 Å². The maximum atomic E-state index is 13.6. The number of nitrogens with one attached hydrogen (secondary N) is 1. The van der Waals surface area contributed by atoms with Crippen molar-refractivity contribution in [2.45, 2.75) is 89.6 Å². The summed E-state index contributed by atoms with van der Waals surface area (Å²) in [5.41, 5.74) is 6.45. The van der Waals surface area contributed by atoms with Crippen LogP contribution < -0.4 is 16.0 Å². The number of epoxide rings is 1. The second kappa shape index (κ2) is 12.1. The fourth-order valence-electron chi connectivity index (χ4n) is 5.75. The summed E-state index contributed by atoms with van der Waals surface area (Å²) in [5.74, 6) is -1.57. The van der Waals surface area contributed by atoms with Crippen LogP contribution in [0.15, 0.2) is 42.0 Å². The van der Waals surface area contributed by atoms with Crippen molar-refractivity contribution >= 4 is 29.3 Å². The fourth-order valence-corrected chi connectivity index (χ4v) is 5.75. The van der Waals surface area contributed by atoms with Crippen LogP contribution in [-0.2, 0) is 35.0 Å². The van der Waals surface area contributed by atoms with E-state index >= 15 is 0 Å². The van der Waals surface area contributed by atoms with E-state index in [0.717, 1.165) is 11.1 Å². The number of carbonyl (C=O) groups is 3. The molecule has 3 aliphatic heterocycles. The lowest BCUT2D eigenvalue weighted by molar-refractivity contribution is -0.157. The van der Waals surface area contributed by atoms with Gasteiger partial charge >= 0.3 is 12.1 Å². The zero-order chi connectivity index (χ0) is 31.0. The van der Waals surface area contributed by atoms with E-state index in [1.807, 2.05) is 32.1 Å². The SMILES string of the molecule is CO[C@@H]1/C=C\C=C(\C)Cc2cc(N)cc(c2)N(C)C(=O)CC(OC(=O)C(C)C)[C@]2(C)O[C@H]2[C@H](C)[C@@H]2C[C@@]1(O)NC(=O)O2. The van der Waals surface area contributed by atoms with Crippen molar-refractivity contribution in [2.75, 3.05) is 24.8 Å². The topological polar surface area (TPSA) is 153 Å². The van der Waals surface area contributed by atoms with Crippen LogP contribution in [0.4, 0.5) is 16.2 Å². The zero-order valence-corrected chi connectivity index (χ0v) is 25.4. The highest BCUT2D eigenvalue weighted by Crippen LogP contribution is 2.49. The van der Waals surface area contributed by atoms with Crippen LogP contribution in [0.2, 0.25) is 0 Å². The van der Waals surface area contributed by atoms with Crippen LogP contribution in [0, 0.1) is 11.8 Å². The highest BCUT2D eigenvalue weighted by Gasteiger charge is 2.64. The number of fused-ring (bicyclic) bond motifs is 5. The van der Waals surface area contributed by atoms with Crippen molar-refractivity contribution in [2.24, 2.45) is 11.8 Å². The van der Waals surface area contributed by atoms with E-state index in [0.29, 0.717) is 17.8 Å². The lowest BCUT2D eigenvalue weighted by Gasteiger charge is -2.42. The van der Waals surface area contributed by atoms with Crippen LogP contribution in [0.5, 0.6) is 0 Å². The Bertz CT molecular complexity index is 1280. The van der Waals surface area contributed by atoms with Crippen molar-refractivity contribution < 1.29 is 38.4 Å². The molecule has 0 radical (unpaired) electrons. The Morgan fingerprint density at radius 2 is 1.98 bits per heavy atom. The summed E-state index contributed by atoms with van der Waals surface area (Å²) in [5, 5.41) is 14.1. The molecule has 1 aromatic carbocycles. The molecule has 1 aromatic rings. The average Bonchev–Trinajstić information content (AvgIpc) is 3.60. The van der Waals surface area contributed by atoms with Gasteiger partial charge in [0.2, 0.25) is 5.91 Å². The van der Waals surface area contributed by atoms with Crippen molar-refractivity contribution in [1.82, 2.24) is 5.32 Å². The van der Waals surface area contributed by atoms with Gasteiger partial charge in [-0.1, -0.05) is 44.6 Å². The summed E-state index contributed by atoms with van der Waals surface area (Å²) in [6.45, 7) is 9.02. The number of hydrogen-bond donors (Lipinski definition) is 3. The van der Waals surface area contributed by atoms with E-state index < -0.39 is 59.6 Å². The van der Waals surface area contributed by atoms with Crippen LogP contribution in [0.1, 0.15) is 53.0 Å². The van der Waals surface area contributed by atoms with E-state index in [1.165, 1.54) is 12.0 Å². The number of ether oxygens (including phenoxy) is 4. The molecule has 0 spiro atoms. The number of methoxy groups -OCH3 is 1. The zero-order valence-electron chi connectivity index (χ0n) is 25.4. The van der Waals surface area contributed by atoms with Crippen LogP contribution in [-0.4, -0.2) is 73.0 Å². The highest BCUT2D eigenvalue weighted by atomic mass is 16.7. The molecule has 3 aliphatic rings. The van der Waals surface area contributed by atoms with E-state index in [-0.39, 0.29) is 18.7 Å². The minimum absolute atomic E-state index is 0.0185. The molecular formula is C31H43N3O8. The standard InChI is InChI=1S/C31H43N3O8/c1-17(2)28(36)41-25-15-26(35)34(6)22-13-20(12-21(32)14-22)11-18(3)9-8-10-24(39-7)31(38)16-23(40-29(37)33-31)19(4)27-30(25,5)42-27/h8-10,12-14,17,19,23-25,27,38H,11,15-16,32H2,1-7H3,(H,33,37)/b10-8-,18-9-/t19-,23+,24-,25?,27+,30+,31+/m1/s1. The van der Waals surface area contributed by atoms with Gasteiger partial charge in [-0.25, -0.2) is 4.79 Å². The molecule has 2 fully saturated rings. The molecule has 0 aromatic heterocycles. The van der Waals surface area contributed by atoms with E-state index in [4.69, 9.17) is 24.7 Å². The van der Waals surface area contributed by atoms with Gasteiger partial charge in [-0.2, -0.15) is 0 Å². The number of hydrogen-bond acceptors (Lipinski definition) is 9. The molecular weight excluding hydrogens is 542 g/mol. The van der Waals surface area contributed by atoms with Gasteiger partial charge in [0, 0.05) is 37.9 Å². The summed E-state index contributed by atoms with van der Waals surface area (Å²) < 4.78 is 23.2. The number of nitrogens with two attached hydrogens (primary N) is 1. The van der Waals surface area contributed by atoms with Crippen LogP contribution >= 0.6 is 0 Å². The maximum absolute atomic E-state index is 13.6. The Hall–Kier alpha value is -3.41. The molecule has 4 rings (SSSR count). The molecule has 2 amide bonds. The summed E-state index contributed by atoms with van der Waals surface area (Å²) in [6, 6.07) is 5.47. The molecule has 2 saturated heterocycles. The highest BCUT2D eigenvalue weighted by molar-refractivity contribution is 5.94. The number of nitrogens with zero attached hydrogens (tertiary/aromatic N) is 1. The number of allylic oxidation sites excluding steroid dienone is 3. The molecule has 11 heteroatoms. The largest absolute Gasteiger partial charge is 0.458 e. The number of aliphatic hydroxyl groups is 1. The molecule has 1 unspecified atom stereocenters. The van der Waals surface area contributed by atoms with Gasteiger partial charge in [0.1, 0.15) is 23.9 Å². The van der Waals surface area contributed by atoms with Crippen molar-refractivity contribution in [3.63, 3.8) is 0 Å². The first kappa shape index (κ1) is 31.5. The van der Waals surface area contributed by atoms with Gasteiger partial charge in [-0.15, -0.1) is 0 Å². The van der Waals surface area contributed by atoms with Crippen molar-refractivity contribution in [3.8, 4) is 0 Å². The Morgan fingerprint density at radius 3 is 2.64 bits per heavy atom. The molecule has 0 aliphatic carbocycles. The summed E-state index contributed by atoms with van der Waals surface area (Å²) in [7, 11) is 3.11. The smallest absolute Gasteiger partial charge is 0.409 e. The predicted octanol–water partition coefficient (Wildman–Crippen LogP) is 3.24. The maximum Gasteiger partial charge on any atom is 0.409 e. The van der Waals surface area contributed by atoms with Crippen molar-refractivity contribution in [1.29, 1.82) is 0 Å². The van der Waals surface area contributed by atoms with Gasteiger partial charge in [-0.3, -0.25) is 14.9 Å². The number of esters is 1. The van der Waals surface area contributed by atoms with Crippen molar-refractivity contribution in [3.05, 3.63) is 47.6 Å². The number of rotatable bonds is 3. The number of benzene rings is 1. The fraction of sp³-hybridized carbons (Fsp3) is 0.581. The Labute approximate surface area is 247 Å². The molecule has 42 heavy (non-hydrogen) atoms. The lowest BCUT2D eigenvalue weighted by atomic mass is 9.83. The number of anilines is 2. The quantitative estimate of drug-likeness (QED) is 0.276. The molecule has 4 bridgehead atoms. The first-order valence-electron chi connectivity index (χ1n) is 14.3. The summed E-state index contributed by atoms with van der Waals surface area (Å²) in [6.07, 6.45) is 1.94. The Kier molecular flexibility index (Phi) is 9.05. The van der Waals surface area contributed by atoms with E-state index in [9.17, 15) is 19.5 Å². The van der Waals surface area contributed by atoms with Gasteiger partial charge in [0.05, 0.1) is 18.4 Å². The summed E-state index contributed by atoms with van der Waals surface area (Å²) in [4.78, 5) is 40.5. The molecule has 4 N–H and O–H groups in total. The second-order valence-electron chi connectivity index (χ2n) is 12.2. The minimum Gasteiger partial charge on any atom is -0.458 e. The minimum atomic E-state index is -1.75. The molecule has 11 nitrogen and oxygen atoms in total. The Morgan fingerprint density at radius 1 is 1.26 bits per heavy atom. The molecule has 0 saturated carbocycles. The number of nitrogen functional groups attached to an aromatic ring is 1. The Balaban J connectivity index is 1.76. The predicted molar refractivity (Wildman–Crippen MR) is 156 cm³/mol. The first-order chi connectivity index (χ1) is 19.7. The lowest BCUT2D eigenvalue weighted by Crippen LogP contribution is -2.63. The summed E-state index contributed by atoms with van der Waals surface area (Å²) >= 11 is 0. The number of alkyl carbamates (subject to hydrolysis) is 1. The van der Waals surface area contributed by atoms with Gasteiger partial charge in [-0.05, 0) is 44.0 Å². The third kappa shape index (κ3) is 6.63. The van der Waals surface area contributed by atoms with Gasteiger partial charge < -0.3 is 34.7 Å². The average molecular weight is 586 g/mol. The molecule has 7 atom stereocenters. The number of carbonyl (C=O) groups excluding carboxylic acids is 3. The number of amides is 2. The molecule has 230 valence electrons. The second-order valence-corrected chi connectivity index (χ2v) is 12.2. The van der Waals surface area contributed by atoms with Gasteiger partial charge in [0.25, 0.3) is 0 Å². The normalized spacial score (nSPS) is 35.8. The van der Waals surface area contributed by atoms with Crippen LogP contribution in [0.3, 0.4) is 0 Å². The third-order valence-corrected chi connectivity index (χ3v) is 8.41. The van der Waals surface area contributed by atoms with E-state index in [1.54, 1.807) is 46.0 Å². The first-order valence-corrected chi connectivity index (χ1v) is 14.3. The van der Waals surface area contributed by atoms with Gasteiger partial charge in [0.15, 0.2) is 5.72 Å². The third-order valence-electron chi connectivity index (χ3n) is 8.41. The molecule has 3 heterocycles. The van der Waals surface area contributed by atoms with Crippen LogP contribution in [0.25, 0.3) is 0 Å². The monoisotopic (exact) mass is 585 g/mol.